The molecule has 0 saturated heterocycles. The molecule has 1 atom stereocenters. The Bertz CT molecular complexity index is 484. The van der Waals surface area contributed by atoms with Gasteiger partial charge in [0.15, 0.2) is 0 Å². The highest BCUT2D eigenvalue weighted by molar-refractivity contribution is 5.42. The van der Waals surface area contributed by atoms with E-state index in [1.165, 1.54) is 5.56 Å². The number of nitrogens with zero attached hydrogens (tertiary/aromatic N) is 1. The van der Waals surface area contributed by atoms with Crippen molar-refractivity contribution in [1.29, 1.82) is 0 Å². The van der Waals surface area contributed by atoms with Crippen LogP contribution in [0, 0.1) is 0 Å². The fourth-order valence-electron chi connectivity index (χ4n) is 2.19. The number of para-hydroxylation sites is 1. The van der Waals surface area contributed by atoms with E-state index < -0.39 is 0 Å². The van der Waals surface area contributed by atoms with E-state index in [2.05, 4.69) is 53.5 Å². The molecule has 0 bridgehead atoms. The molecule has 106 valence electrons. The van der Waals surface area contributed by atoms with Gasteiger partial charge in [0.1, 0.15) is 0 Å². The van der Waals surface area contributed by atoms with Gasteiger partial charge in [-0.2, -0.15) is 0 Å². The lowest BCUT2D eigenvalue weighted by molar-refractivity contribution is 0.210. The second kappa shape index (κ2) is 7.68. The summed E-state index contributed by atoms with van der Waals surface area (Å²) in [6, 6.07) is 20.6. The van der Waals surface area contributed by atoms with Gasteiger partial charge in [-0.05, 0) is 24.2 Å². The first kappa shape index (κ1) is 14.6. The summed E-state index contributed by atoms with van der Waals surface area (Å²) in [5, 5.41) is 3.38. The molecule has 0 heterocycles. The van der Waals surface area contributed by atoms with Crippen LogP contribution in [0.4, 0.5) is 5.69 Å². The van der Waals surface area contributed by atoms with Gasteiger partial charge in [-0.15, -0.1) is 0 Å². The maximum atomic E-state index is 6.29. The minimum Gasteiger partial charge on any atom is -0.382 e. The Kier molecular flexibility index (Phi) is 5.59. The van der Waals surface area contributed by atoms with Crippen LogP contribution in [0.1, 0.15) is 12.5 Å². The molecular formula is C17H23N3. The molecule has 20 heavy (non-hydrogen) atoms. The standard InChI is InChI=1S/C17H23N3/c1-2-20(14-15-9-5-3-6-10-15)17(18)13-19-16-11-7-4-8-12-16/h3-12,17,19H,2,13-14,18H2,1H3. The van der Waals surface area contributed by atoms with Crippen molar-refractivity contribution >= 4 is 5.69 Å². The number of rotatable bonds is 7. The summed E-state index contributed by atoms with van der Waals surface area (Å²) >= 11 is 0. The van der Waals surface area contributed by atoms with Crippen LogP contribution in [-0.2, 0) is 6.54 Å². The van der Waals surface area contributed by atoms with Crippen molar-refractivity contribution in [2.45, 2.75) is 19.6 Å². The zero-order valence-corrected chi connectivity index (χ0v) is 12.0. The predicted molar refractivity (Wildman–Crippen MR) is 85.4 cm³/mol. The molecule has 0 amide bonds. The fourth-order valence-corrected chi connectivity index (χ4v) is 2.19. The Morgan fingerprint density at radius 1 is 1.00 bits per heavy atom. The minimum atomic E-state index is 0.000382. The van der Waals surface area contributed by atoms with Crippen LogP contribution in [-0.4, -0.2) is 24.2 Å². The van der Waals surface area contributed by atoms with Crippen molar-refractivity contribution in [3.8, 4) is 0 Å². The van der Waals surface area contributed by atoms with Gasteiger partial charge in [0, 0.05) is 18.8 Å². The third-order valence-corrected chi connectivity index (χ3v) is 3.39. The molecule has 3 heteroatoms. The first-order chi connectivity index (χ1) is 9.79. The van der Waals surface area contributed by atoms with Gasteiger partial charge in [-0.3, -0.25) is 4.90 Å². The van der Waals surface area contributed by atoms with Gasteiger partial charge in [0.2, 0.25) is 0 Å². The van der Waals surface area contributed by atoms with E-state index in [4.69, 9.17) is 5.73 Å². The summed E-state index contributed by atoms with van der Waals surface area (Å²) in [5.74, 6) is 0. The zero-order chi connectivity index (χ0) is 14.2. The Hall–Kier alpha value is -1.84. The first-order valence-corrected chi connectivity index (χ1v) is 7.12. The van der Waals surface area contributed by atoms with Gasteiger partial charge in [0.25, 0.3) is 0 Å². The highest BCUT2D eigenvalue weighted by Crippen LogP contribution is 2.08. The lowest BCUT2D eigenvalue weighted by Gasteiger charge is -2.28. The van der Waals surface area contributed by atoms with Crippen molar-refractivity contribution in [2.24, 2.45) is 5.73 Å². The third kappa shape index (κ3) is 4.37. The summed E-state index contributed by atoms with van der Waals surface area (Å²) in [6.45, 7) is 4.71. The average molecular weight is 269 g/mol. The SMILES string of the molecule is CCN(Cc1ccccc1)C(N)CNc1ccccc1. The number of hydrogen-bond donors (Lipinski definition) is 2. The number of benzene rings is 2. The molecule has 3 N–H and O–H groups in total. The summed E-state index contributed by atoms with van der Waals surface area (Å²) in [7, 11) is 0. The molecule has 2 aromatic carbocycles. The highest BCUT2D eigenvalue weighted by atomic mass is 15.2. The van der Waals surface area contributed by atoms with Crippen molar-refractivity contribution in [2.75, 3.05) is 18.4 Å². The zero-order valence-electron chi connectivity index (χ0n) is 12.0. The molecule has 0 fully saturated rings. The summed E-state index contributed by atoms with van der Waals surface area (Å²) in [6.07, 6.45) is 0.000382. The van der Waals surface area contributed by atoms with Crippen molar-refractivity contribution in [3.05, 3.63) is 66.2 Å². The minimum absolute atomic E-state index is 0.000382. The molecule has 2 aromatic rings. The summed E-state index contributed by atoms with van der Waals surface area (Å²) in [4.78, 5) is 2.27. The van der Waals surface area contributed by atoms with Gasteiger partial charge >= 0.3 is 0 Å². The number of nitrogens with one attached hydrogen (secondary N) is 1. The van der Waals surface area contributed by atoms with Gasteiger partial charge in [-0.1, -0.05) is 55.5 Å². The average Bonchev–Trinajstić information content (AvgIpc) is 2.52. The Morgan fingerprint density at radius 3 is 2.20 bits per heavy atom. The van der Waals surface area contributed by atoms with Crippen LogP contribution in [0.15, 0.2) is 60.7 Å². The van der Waals surface area contributed by atoms with E-state index >= 15 is 0 Å². The van der Waals surface area contributed by atoms with Crippen molar-refractivity contribution in [1.82, 2.24) is 4.90 Å². The lowest BCUT2D eigenvalue weighted by Crippen LogP contribution is -2.46. The molecule has 0 aliphatic carbocycles. The lowest BCUT2D eigenvalue weighted by atomic mass is 10.2. The largest absolute Gasteiger partial charge is 0.382 e. The van der Waals surface area contributed by atoms with Crippen LogP contribution >= 0.6 is 0 Å². The number of anilines is 1. The molecule has 0 aliphatic heterocycles. The van der Waals surface area contributed by atoms with Gasteiger partial charge in [0.05, 0.1) is 6.17 Å². The molecule has 2 rings (SSSR count). The maximum absolute atomic E-state index is 6.29. The topological polar surface area (TPSA) is 41.3 Å². The molecule has 0 radical (unpaired) electrons. The number of likely N-dealkylation sites (N-methyl/N-ethyl adjacent to an activating group) is 1. The van der Waals surface area contributed by atoms with Crippen molar-refractivity contribution in [3.63, 3.8) is 0 Å². The first-order valence-electron chi connectivity index (χ1n) is 7.12. The third-order valence-electron chi connectivity index (χ3n) is 3.39. The van der Waals surface area contributed by atoms with Crippen LogP contribution in [0.25, 0.3) is 0 Å². The Morgan fingerprint density at radius 2 is 1.60 bits per heavy atom. The number of nitrogens with two attached hydrogens (primary N) is 1. The van der Waals surface area contributed by atoms with Gasteiger partial charge < -0.3 is 11.1 Å². The molecule has 1 unspecified atom stereocenters. The monoisotopic (exact) mass is 269 g/mol. The Balaban J connectivity index is 1.87. The number of hydrogen-bond acceptors (Lipinski definition) is 3. The van der Waals surface area contributed by atoms with E-state index in [9.17, 15) is 0 Å². The smallest absolute Gasteiger partial charge is 0.0752 e. The molecule has 0 aliphatic rings. The van der Waals surface area contributed by atoms with E-state index in [1.54, 1.807) is 0 Å². The van der Waals surface area contributed by atoms with E-state index in [0.29, 0.717) is 0 Å². The van der Waals surface area contributed by atoms with Gasteiger partial charge in [-0.25, -0.2) is 0 Å². The van der Waals surface area contributed by atoms with Crippen LogP contribution in [0.2, 0.25) is 0 Å². The maximum Gasteiger partial charge on any atom is 0.0752 e. The molecular weight excluding hydrogens is 246 g/mol. The molecule has 3 nitrogen and oxygen atoms in total. The Labute approximate surface area is 121 Å². The van der Waals surface area contributed by atoms with Crippen LogP contribution < -0.4 is 11.1 Å². The second-order valence-corrected chi connectivity index (χ2v) is 4.86. The second-order valence-electron chi connectivity index (χ2n) is 4.86. The highest BCUT2D eigenvalue weighted by Gasteiger charge is 2.12. The molecule has 0 spiro atoms. The van der Waals surface area contributed by atoms with Crippen LogP contribution in [0.5, 0.6) is 0 Å². The van der Waals surface area contributed by atoms with E-state index in [1.807, 2.05) is 24.3 Å². The molecule has 0 saturated carbocycles. The molecule has 0 aromatic heterocycles. The normalized spacial score (nSPS) is 12.3. The predicted octanol–water partition coefficient (Wildman–Crippen LogP) is 2.91. The van der Waals surface area contributed by atoms with E-state index in [-0.39, 0.29) is 6.17 Å². The summed E-state index contributed by atoms with van der Waals surface area (Å²) < 4.78 is 0. The summed E-state index contributed by atoms with van der Waals surface area (Å²) in [5.41, 5.74) is 8.69. The van der Waals surface area contributed by atoms with Crippen molar-refractivity contribution < 1.29 is 0 Å². The van der Waals surface area contributed by atoms with E-state index in [0.717, 1.165) is 25.3 Å². The van der Waals surface area contributed by atoms with Crippen LogP contribution in [0.3, 0.4) is 0 Å². The fraction of sp³-hybridized carbons (Fsp3) is 0.294. The quantitative estimate of drug-likeness (QED) is 0.759.